The lowest BCUT2D eigenvalue weighted by Crippen LogP contribution is -2.61. The topological polar surface area (TPSA) is 60.7 Å². The van der Waals surface area contributed by atoms with Gasteiger partial charge in [0.1, 0.15) is 0 Å². The van der Waals surface area contributed by atoms with Crippen molar-refractivity contribution in [1.29, 1.82) is 0 Å². The van der Waals surface area contributed by atoms with E-state index in [1.165, 1.54) is 0 Å². The van der Waals surface area contributed by atoms with Crippen LogP contribution in [0.15, 0.2) is 0 Å². The van der Waals surface area contributed by atoms with Crippen LogP contribution >= 0.6 is 0 Å². The molecule has 2 rings (SSSR count). The molecule has 0 heterocycles. The molecule has 3 N–H and O–H groups in total. The summed E-state index contributed by atoms with van der Waals surface area (Å²) in [6, 6.07) is 0. The molecule has 106 valence electrons. The monoisotopic (exact) mass is 256 g/mol. The molecule has 0 aromatic heterocycles. The molecule has 2 saturated carbocycles. The Morgan fingerprint density at radius 3 is 2.39 bits per heavy atom. The lowest BCUT2D eigenvalue weighted by atomic mass is 9.50. The van der Waals surface area contributed by atoms with Gasteiger partial charge in [-0.05, 0) is 63.2 Å². The molecule has 3 nitrogen and oxygen atoms in total. The van der Waals surface area contributed by atoms with Gasteiger partial charge in [0.15, 0.2) is 0 Å². The van der Waals surface area contributed by atoms with Crippen LogP contribution in [0.5, 0.6) is 0 Å². The number of rotatable bonds is 1. The van der Waals surface area contributed by atoms with E-state index in [2.05, 4.69) is 6.92 Å². The molecule has 2 aliphatic carbocycles. The third kappa shape index (κ3) is 2.10. The first kappa shape index (κ1) is 14.3. The van der Waals surface area contributed by atoms with E-state index >= 15 is 0 Å². The number of aliphatic hydroxyl groups excluding tert-OH is 1. The minimum absolute atomic E-state index is 0.0939. The molecule has 18 heavy (non-hydrogen) atoms. The summed E-state index contributed by atoms with van der Waals surface area (Å²) in [5.41, 5.74) is -1.67. The molecule has 0 saturated heterocycles. The van der Waals surface area contributed by atoms with E-state index in [4.69, 9.17) is 0 Å². The molecule has 0 aromatic rings. The van der Waals surface area contributed by atoms with Crippen molar-refractivity contribution in [2.45, 2.75) is 77.1 Å². The van der Waals surface area contributed by atoms with Gasteiger partial charge in [0.05, 0.1) is 17.3 Å². The normalized spacial score (nSPS) is 49.8. The molecule has 3 heteroatoms. The van der Waals surface area contributed by atoms with E-state index in [-0.39, 0.29) is 23.4 Å². The number of hydrogen-bond donors (Lipinski definition) is 3. The highest BCUT2D eigenvalue weighted by atomic mass is 16.3. The number of aliphatic hydroxyl groups is 3. The van der Waals surface area contributed by atoms with Crippen LogP contribution in [-0.2, 0) is 0 Å². The quantitative estimate of drug-likeness (QED) is 0.673. The fourth-order valence-corrected chi connectivity index (χ4v) is 4.32. The van der Waals surface area contributed by atoms with Gasteiger partial charge in [0.2, 0.25) is 0 Å². The van der Waals surface area contributed by atoms with Crippen molar-refractivity contribution < 1.29 is 15.3 Å². The highest BCUT2D eigenvalue weighted by Gasteiger charge is 2.58. The van der Waals surface area contributed by atoms with Crippen molar-refractivity contribution in [3.63, 3.8) is 0 Å². The summed E-state index contributed by atoms with van der Waals surface area (Å²) in [5, 5.41) is 31.3. The van der Waals surface area contributed by atoms with Crippen molar-refractivity contribution in [2.75, 3.05) is 0 Å². The van der Waals surface area contributed by atoms with Gasteiger partial charge in [-0.2, -0.15) is 0 Å². The number of hydrogen-bond acceptors (Lipinski definition) is 3. The van der Waals surface area contributed by atoms with E-state index in [1.807, 2.05) is 20.8 Å². The van der Waals surface area contributed by atoms with Gasteiger partial charge in [0, 0.05) is 0 Å². The average molecular weight is 256 g/mol. The van der Waals surface area contributed by atoms with E-state index in [9.17, 15) is 15.3 Å². The van der Waals surface area contributed by atoms with Crippen LogP contribution in [0.3, 0.4) is 0 Å². The van der Waals surface area contributed by atoms with E-state index in [0.717, 1.165) is 12.8 Å². The minimum atomic E-state index is -0.741. The van der Waals surface area contributed by atoms with Crippen molar-refractivity contribution in [2.24, 2.45) is 17.3 Å². The molecule has 5 unspecified atom stereocenters. The molecule has 0 spiro atoms. The van der Waals surface area contributed by atoms with Gasteiger partial charge in [-0.1, -0.05) is 13.8 Å². The Kier molecular flexibility index (Phi) is 3.33. The molecular weight excluding hydrogens is 228 g/mol. The maximum atomic E-state index is 11.1. The molecule has 0 bridgehead atoms. The second kappa shape index (κ2) is 4.19. The molecule has 0 radical (unpaired) electrons. The lowest BCUT2D eigenvalue weighted by molar-refractivity contribution is -0.211. The first-order chi connectivity index (χ1) is 8.08. The third-order valence-electron chi connectivity index (χ3n) is 5.77. The summed E-state index contributed by atoms with van der Waals surface area (Å²) in [5.74, 6) is 0.240. The average Bonchev–Trinajstić information content (AvgIpc) is 2.18. The Hall–Kier alpha value is -0.120. The zero-order chi connectivity index (χ0) is 13.8. The molecule has 2 aliphatic rings. The molecule has 5 atom stereocenters. The van der Waals surface area contributed by atoms with Gasteiger partial charge in [-0.3, -0.25) is 0 Å². The van der Waals surface area contributed by atoms with Crippen molar-refractivity contribution in [3.8, 4) is 0 Å². The first-order valence-electron chi connectivity index (χ1n) is 7.21. The second-order valence-electron chi connectivity index (χ2n) is 7.57. The number of fused-ring (bicyclic) bond motifs is 1. The van der Waals surface area contributed by atoms with Crippen LogP contribution in [0.25, 0.3) is 0 Å². The van der Waals surface area contributed by atoms with Gasteiger partial charge >= 0.3 is 0 Å². The van der Waals surface area contributed by atoms with Crippen LogP contribution in [0.2, 0.25) is 0 Å². The van der Waals surface area contributed by atoms with Crippen LogP contribution in [0.4, 0.5) is 0 Å². The molecule has 0 aromatic carbocycles. The van der Waals surface area contributed by atoms with Gasteiger partial charge in [-0.25, -0.2) is 0 Å². The Bertz CT molecular complexity index is 322. The van der Waals surface area contributed by atoms with Crippen LogP contribution in [0, 0.1) is 17.3 Å². The summed E-state index contributed by atoms with van der Waals surface area (Å²) < 4.78 is 0. The summed E-state index contributed by atoms with van der Waals surface area (Å²) in [6.45, 7) is 7.82. The van der Waals surface area contributed by atoms with Crippen LogP contribution in [-0.4, -0.2) is 32.6 Å². The highest BCUT2D eigenvalue weighted by Crippen LogP contribution is 2.57. The predicted molar refractivity (Wildman–Crippen MR) is 71.1 cm³/mol. The fourth-order valence-electron chi connectivity index (χ4n) is 4.32. The molecule has 2 fully saturated rings. The molecule has 0 aliphatic heterocycles. The van der Waals surface area contributed by atoms with Gasteiger partial charge < -0.3 is 15.3 Å². The van der Waals surface area contributed by atoms with Crippen molar-refractivity contribution in [3.05, 3.63) is 0 Å². The van der Waals surface area contributed by atoms with E-state index < -0.39 is 11.2 Å². The summed E-state index contributed by atoms with van der Waals surface area (Å²) >= 11 is 0. The standard InChI is InChI=1S/C15H28O3/c1-10-7-12(16)9-14(4)6-5-11(13(2,3)17)8-15(10,14)18/h10-12,16-18H,5-9H2,1-4H3. The SMILES string of the molecule is CC1CC(O)CC2(C)CCC(C(C)(C)O)CC12O. The van der Waals surface area contributed by atoms with Crippen LogP contribution < -0.4 is 0 Å². The third-order valence-corrected chi connectivity index (χ3v) is 5.77. The zero-order valence-electron chi connectivity index (χ0n) is 12.1. The van der Waals surface area contributed by atoms with Gasteiger partial charge in [-0.15, -0.1) is 0 Å². The van der Waals surface area contributed by atoms with E-state index in [0.29, 0.717) is 19.3 Å². The largest absolute Gasteiger partial charge is 0.393 e. The van der Waals surface area contributed by atoms with E-state index in [1.54, 1.807) is 0 Å². The zero-order valence-corrected chi connectivity index (χ0v) is 12.1. The van der Waals surface area contributed by atoms with Crippen molar-refractivity contribution in [1.82, 2.24) is 0 Å². The lowest BCUT2D eigenvalue weighted by Gasteiger charge is -2.59. The first-order valence-corrected chi connectivity index (χ1v) is 7.21. The smallest absolute Gasteiger partial charge is 0.0732 e. The predicted octanol–water partition coefficient (Wildman–Crippen LogP) is 2.09. The Balaban J connectivity index is 2.27. The highest BCUT2D eigenvalue weighted by molar-refractivity contribution is 5.09. The van der Waals surface area contributed by atoms with Gasteiger partial charge in [0.25, 0.3) is 0 Å². The molecule has 0 amide bonds. The Morgan fingerprint density at radius 2 is 1.83 bits per heavy atom. The maximum absolute atomic E-state index is 11.1. The summed E-state index contributed by atoms with van der Waals surface area (Å²) in [7, 11) is 0. The molecular formula is C15H28O3. The maximum Gasteiger partial charge on any atom is 0.0732 e. The Morgan fingerprint density at radius 1 is 1.22 bits per heavy atom. The minimum Gasteiger partial charge on any atom is -0.393 e. The van der Waals surface area contributed by atoms with Crippen molar-refractivity contribution >= 4 is 0 Å². The van der Waals surface area contributed by atoms with Crippen LogP contribution in [0.1, 0.15) is 59.8 Å². The Labute approximate surface area is 110 Å². The summed E-state index contributed by atoms with van der Waals surface area (Å²) in [4.78, 5) is 0. The fraction of sp³-hybridized carbons (Fsp3) is 1.00. The second-order valence-corrected chi connectivity index (χ2v) is 7.57. The summed E-state index contributed by atoms with van der Waals surface area (Å²) in [6.07, 6.45) is 3.54.